The fraction of sp³-hybridized carbons (Fsp3) is 0.214. The van der Waals surface area contributed by atoms with E-state index in [0.29, 0.717) is 31.1 Å². The zero-order chi connectivity index (χ0) is 14.1. The first-order chi connectivity index (χ1) is 9.70. The summed E-state index contributed by atoms with van der Waals surface area (Å²) in [7, 11) is 0. The Bertz CT molecular complexity index is 679. The Morgan fingerprint density at radius 2 is 2.35 bits per heavy atom. The van der Waals surface area contributed by atoms with Crippen LogP contribution in [0.15, 0.2) is 29.1 Å². The third kappa shape index (κ3) is 2.08. The van der Waals surface area contributed by atoms with Gasteiger partial charge < -0.3 is 14.1 Å². The molecule has 1 aliphatic heterocycles. The number of benzene rings is 1. The lowest BCUT2D eigenvalue weighted by Gasteiger charge is -2.32. The van der Waals surface area contributed by atoms with Crippen LogP contribution in [0, 0.1) is 17.1 Å². The van der Waals surface area contributed by atoms with Crippen LogP contribution in [0.5, 0.6) is 5.75 Å². The normalized spacial score (nSPS) is 13.6. The number of ether oxygens (including phenoxy) is 1. The third-order valence-corrected chi connectivity index (χ3v) is 3.43. The number of nitrogens with zero attached hydrogens (tertiary/aromatic N) is 2. The average molecular weight is 293 g/mol. The van der Waals surface area contributed by atoms with E-state index in [1.165, 1.54) is 6.07 Å². The Hall–Kier alpha value is -2.19. The molecule has 0 unspecified atom stereocenters. The topological polar surface area (TPSA) is 49.4 Å². The predicted octanol–water partition coefficient (Wildman–Crippen LogP) is 3.34. The number of hydrogen-bond acceptors (Lipinski definition) is 4. The van der Waals surface area contributed by atoms with Gasteiger partial charge in [0.05, 0.1) is 24.1 Å². The number of furan rings is 1. The molecule has 0 spiro atoms. The molecule has 0 aliphatic carbocycles. The van der Waals surface area contributed by atoms with Crippen molar-refractivity contribution in [1.29, 1.82) is 5.26 Å². The van der Waals surface area contributed by atoms with Crippen LogP contribution in [-0.2, 0) is 6.54 Å². The largest absolute Gasteiger partial charge is 0.489 e. The monoisotopic (exact) mass is 292 g/mol. The van der Waals surface area contributed by atoms with Crippen LogP contribution in [-0.4, -0.2) is 13.2 Å². The van der Waals surface area contributed by atoms with Gasteiger partial charge in [-0.25, -0.2) is 4.39 Å². The fourth-order valence-electron chi connectivity index (χ4n) is 2.26. The van der Waals surface area contributed by atoms with Crippen molar-refractivity contribution in [3.8, 4) is 11.8 Å². The highest BCUT2D eigenvalue weighted by molar-refractivity contribution is 6.31. The van der Waals surface area contributed by atoms with Gasteiger partial charge >= 0.3 is 0 Å². The second kappa shape index (κ2) is 5.06. The van der Waals surface area contributed by atoms with Gasteiger partial charge in [0.15, 0.2) is 5.82 Å². The maximum atomic E-state index is 14.0. The van der Waals surface area contributed by atoms with Crippen LogP contribution in [0.2, 0.25) is 5.02 Å². The van der Waals surface area contributed by atoms with Gasteiger partial charge in [-0.05, 0) is 6.07 Å². The second-order valence-electron chi connectivity index (χ2n) is 4.41. The van der Waals surface area contributed by atoms with E-state index in [0.717, 1.165) is 5.56 Å². The number of fused-ring (bicyclic) bond motifs is 1. The summed E-state index contributed by atoms with van der Waals surface area (Å²) < 4.78 is 24.5. The lowest BCUT2D eigenvalue weighted by molar-refractivity contribution is 0.306. The Balaban J connectivity index is 2.07. The van der Waals surface area contributed by atoms with E-state index in [-0.39, 0.29) is 10.6 Å². The van der Waals surface area contributed by atoms with Crippen LogP contribution in [0.1, 0.15) is 11.1 Å². The molecular weight excluding hydrogens is 283 g/mol. The van der Waals surface area contributed by atoms with Crippen LogP contribution in [0.25, 0.3) is 0 Å². The van der Waals surface area contributed by atoms with Crippen LogP contribution in [0.3, 0.4) is 0 Å². The molecule has 0 atom stereocenters. The van der Waals surface area contributed by atoms with Gasteiger partial charge in [0.1, 0.15) is 29.7 Å². The predicted molar refractivity (Wildman–Crippen MR) is 71.4 cm³/mol. The van der Waals surface area contributed by atoms with Crippen molar-refractivity contribution in [3.05, 3.63) is 46.6 Å². The fourth-order valence-corrected chi connectivity index (χ4v) is 2.45. The molecule has 0 saturated carbocycles. The SMILES string of the molecule is N#Cc1c(F)c(Cl)cc2c1N(Cc1ccoc1)CCO2. The second-order valence-corrected chi connectivity index (χ2v) is 4.81. The summed E-state index contributed by atoms with van der Waals surface area (Å²) in [6, 6.07) is 5.11. The minimum atomic E-state index is -0.712. The molecule has 0 amide bonds. The third-order valence-electron chi connectivity index (χ3n) is 3.16. The van der Waals surface area contributed by atoms with Crippen molar-refractivity contribution in [3.63, 3.8) is 0 Å². The zero-order valence-corrected chi connectivity index (χ0v) is 11.2. The summed E-state index contributed by atoms with van der Waals surface area (Å²) >= 11 is 5.78. The number of rotatable bonds is 2. The van der Waals surface area contributed by atoms with Gasteiger partial charge in [-0.1, -0.05) is 11.6 Å². The Labute approximate surface area is 119 Å². The molecule has 1 aromatic heterocycles. The molecule has 6 heteroatoms. The van der Waals surface area contributed by atoms with Gasteiger partial charge in [-0.2, -0.15) is 5.26 Å². The average Bonchev–Trinajstić information content (AvgIpc) is 2.94. The molecule has 0 N–H and O–H groups in total. The van der Waals surface area contributed by atoms with Gasteiger partial charge in [0, 0.05) is 18.2 Å². The molecule has 102 valence electrons. The molecule has 0 fully saturated rings. The highest BCUT2D eigenvalue weighted by Crippen LogP contribution is 2.40. The van der Waals surface area contributed by atoms with Crippen molar-refractivity contribution in [1.82, 2.24) is 0 Å². The van der Waals surface area contributed by atoms with E-state index in [4.69, 9.17) is 20.8 Å². The standard InChI is InChI=1S/C14H10ClFN2O2/c15-11-5-12-14(10(6-17)13(11)16)18(2-4-20-12)7-9-1-3-19-8-9/h1,3,5,8H,2,4,7H2. The number of nitriles is 1. The van der Waals surface area contributed by atoms with E-state index in [1.54, 1.807) is 12.5 Å². The Kier molecular flexibility index (Phi) is 3.25. The quantitative estimate of drug-likeness (QED) is 0.852. The summed E-state index contributed by atoms with van der Waals surface area (Å²) in [5, 5.41) is 9.09. The molecular formula is C14H10ClFN2O2. The Morgan fingerprint density at radius 3 is 3.05 bits per heavy atom. The van der Waals surface area contributed by atoms with E-state index in [1.807, 2.05) is 17.0 Å². The van der Waals surface area contributed by atoms with Gasteiger partial charge in [0.2, 0.25) is 0 Å². The van der Waals surface area contributed by atoms with Crippen molar-refractivity contribution in [2.75, 3.05) is 18.1 Å². The van der Waals surface area contributed by atoms with Crippen molar-refractivity contribution in [2.24, 2.45) is 0 Å². The van der Waals surface area contributed by atoms with Gasteiger partial charge in [0.25, 0.3) is 0 Å². The highest BCUT2D eigenvalue weighted by Gasteiger charge is 2.26. The van der Waals surface area contributed by atoms with E-state index in [9.17, 15) is 9.65 Å². The first-order valence-corrected chi connectivity index (χ1v) is 6.39. The summed E-state index contributed by atoms with van der Waals surface area (Å²) in [6.45, 7) is 1.54. The molecule has 4 nitrogen and oxygen atoms in total. The first kappa shape index (κ1) is 12.8. The first-order valence-electron chi connectivity index (χ1n) is 6.01. The molecule has 0 saturated heterocycles. The van der Waals surface area contributed by atoms with E-state index in [2.05, 4.69) is 0 Å². The van der Waals surface area contributed by atoms with E-state index < -0.39 is 5.82 Å². The van der Waals surface area contributed by atoms with Crippen LogP contribution >= 0.6 is 11.6 Å². The molecule has 2 heterocycles. The maximum Gasteiger partial charge on any atom is 0.161 e. The molecule has 1 aliphatic rings. The molecule has 0 radical (unpaired) electrons. The van der Waals surface area contributed by atoms with Gasteiger partial charge in [-0.15, -0.1) is 0 Å². The molecule has 3 rings (SSSR count). The summed E-state index contributed by atoms with van der Waals surface area (Å²) in [4.78, 5) is 1.89. The summed E-state index contributed by atoms with van der Waals surface area (Å²) in [5.74, 6) is -0.279. The minimum absolute atomic E-state index is 0.0873. The smallest absolute Gasteiger partial charge is 0.161 e. The van der Waals surface area contributed by atoms with E-state index >= 15 is 0 Å². The minimum Gasteiger partial charge on any atom is -0.489 e. The van der Waals surface area contributed by atoms with Crippen LogP contribution in [0.4, 0.5) is 10.1 Å². The molecule has 1 aromatic carbocycles. The number of halogens is 2. The molecule has 2 aromatic rings. The van der Waals surface area contributed by atoms with Crippen molar-refractivity contribution >= 4 is 17.3 Å². The van der Waals surface area contributed by atoms with Crippen molar-refractivity contribution < 1.29 is 13.5 Å². The maximum absolute atomic E-state index is 14.0. The van der Waals surface area contributed by atoms with Crippen molar-refractivity contribution in [2.45, 2.75) is 6.54 Å². The highest BCUT2D eigenvalue weighted by atomic mass is 35.5. The lowest BCUT2D eigenvalue weighted by Crippen LogP contribution is -2.33. The van der Waals surface area contributed by atoms with Crippen LogP contribution < -0.4 is 9.64 Å². The number of anilines is 1. The summed E-state index contributed by atoms with van der Waals surface area (Å²) in [5.41, 5.74) is 1.30. The lowest BCUT2D eigenvalue weighted by atomic mass is 10.1. The summed E-state index contributed by atoms with van der Waals surface area (Å²) in [6.07, 6.45) is 3.19. The van der Waals surface area contributed by atoms with Gasteiger partial charge in [-0.3, -0.25) is 0 Å². The number of hydrogen-bond donors (Lipinski definition) is 0. The zero-order valence-electron chi connectivity index (χ0n) is 10.4. The molecule has 0 bridgehead atoms. The Morgan fingerprint density at radius 1 is 1.50 bits per heavy atom. The molecule has 20 heavy (non-hydrogen) atoms.